The van der Waals surface area contributed by atoms with Gasteiger partial charge in [-0.15, -0.1) is 5.10 Å². The van der Waals surface area contributed by atoms with Crippen LogP contribution in [0.25, 0.3) is 0 Å². The number of carbonyl (C=O) groups excluding carboxylic acids is 2. The zero-order valence-corrected chi connectivity index (χ0v) is 18.8. The lowest BCUT2D eigenvalue weighted by molar-refractivity contribution is -0.144. The predicted octanol–water partition coefficient (Wildman–Crippen LogP) is 1.81. The highest BCUT2D eigenvalue weighted by atomic mass is 35.5. The van der Waals surface area contributed by atoms with Crippen molar-refractivity contribution in [2.75, 3.05) is 13.6 Å². The molecule has 1 aliphatic heterocycles. The minimum Gasteiger partial charge on any atom is -0.487 e. The molecule has 0 aliphatic carbocycles. The van der Waals surface area contributed by atoms with Crippen molar-refractivity contribution >= 4 is 23.4 Å². The molecule has 0 radical (unpaired) electrons. The number of hydrogen-bond donors (Lipinski definition) is 2. The van der Waals surface area contributed by atoms with Gasteiger partial charge < -0.3 is 20.1 Å². The number of aliphatic hydroxyl groups excluding tert-OH is 1. The molecule has 1 fully saturated rings. The van der Waals surface area contributed by atoms with Crippen LogP contribution in [0.1, 0.15) is 38.9 Å². The molecule has 2 aromatic rings. The fourth-order valence-corrected chi connectivity index (χ4v) is 3.91. The zero-order valence-electron chi connectivity index (χ0n) is 18.1. The first kappa shape index (κ1) is 23.0. The highest BCUT2D eigenvalue weighted by Crippen LogP contribution is 2.34. The molecule has 1 saturated heterocycles. The smallest absolute Gasteiger partial charge is 0.248 e. The molecule has 0 saturated carbocycles. The molecular weight excluding hydrogens is 422 g/mol. The summed E-state index contributed by atoms with van der Waals surface area (Å²) in [7, 11) is 1.51. The number of rotatable bonds is 6. The summed E-state index contributed by atoms with van der Waals surface area (Å²) in [6.45, 7) is 6.01. The van der Waals surface area contributed by atoms with Crippen LogP contribution in [0.4, 0.5) is 0 Å². The lowest BCUT2D eigenvalue weighted by Crippen LogP contribution is -2.49. The first-order valence-corrected chi connectivity index (χ1v) is 10.5. The van der Waals surface area contributed by atoms with Gasteiger partial charge in [0.2, 0.25) is 11.8 Å². The molecule has 0 spiro atoms. The van der Waals surface area contributed by atoms with Crippen molar-refractivity contribution in [3.63, 3.8) is 0 Å². The number of ether oxygens (including phenoxy) is 1. The Hall–Kier alpha value is -2.65. The van der Waals surface area contributed by atoms with Gasteiger partial charge in [-0.2, -0.15) is 0 Å². The van der Waals surface area contributed by atoms with Crippen molar-refractivity contribution in [1.29, 1.82) is 0 Å². The van der Waals surface area contributed by atoms with Crippen LogP contribution >= 0.6 is 11.6 Å². The number of aliphatic hydroxyl groups is 1. The molecular formula is C21H28ClN5O4. The Morgan fingerprint density at radius 3 is 2.77 bits per heavy atom. The number of benzene rings is 1. The first-order valence-electron chi connectivity index (χ1n) is 10.1. The molecule has 2 amide bonds. The third-order valence-corrected chi connectivity index (χ3v) is 5.41. The van der Waals surface area contributed by atoms with Crippen LogP contribution in [0.2, 0.25) is 5.02 Å². The standard InChI is InChI=1S/C21H28ClN5O4/c1-21(2,3)18(20(30)26-11-15(28)9-17(26)19(29)23-4)27-10-14(24-25-27)12-31-16-7-5-6-13(22)8-16/h5-8,10,15,17-18,28H,9,11-12H2,1-4H3,(H,23,29)/t15?,17-,18?/m1/s1. The van der Waals surface area contributed by atoms with Gasteiger partial charge in [0, 0.05) is 25.0 Å². The molecule has 2 N–H and O–H groups in total. The lowest BCUT2D eigenvalue weighted by atomic mass is 9.85. The fraction of sp³-hybridized carbons (Fsp3) is 0.524. The van der Waals surface area contributed by atoms with E-state index in [1.807, 2.05) is 20.8 Å². The average Bonchev–Trinajstić information content (AvgIpc) is 3.31. The fourth-order valence-electron chi connectivity index (χ4n) is 3.73. The summed E-state index contributed by atoms with van der Waals surface area (Å²) < 4.78 is 7.21. The van der Waals surface area contributed by atoms with Gasteiger partial charge in [0.15, 0.2) is 0 Å². The van der Waals surface area contributed by atoms with E-state index in [1.54, 1.807) is 30.5 Å². The Kier molecular flexibility index (Phi) is 6.86. The second kappa shape index (κ2) is 9.23. The number of halogens is 1. The number of hydrogen-bond acceptors (Lipinski definition) is 6. The molecule has 3 rings (SSSR count). The maximum atomic E-state index is 13.5. The third-order valence-electron chi connectivity index (χ3n) is 5.17. The Labute approximate surface area is 186 Å². The minimum absolute atomic E-state index is 0.100. The van der Waals surface area contributed by atoms with Gasteiger partial charge in [0.1, 0.15) is 30.1 Å². The second-order valence-corrected chi connectivity index (χ2v) is 9.15. The van der Waals surface area contributed by atoms with E-state index in [0.717, 1.165) is 0 Å². The second-order valence-electron chi connectivity index (χ2n) is 8.71. The SMILES string of the molecule is CNC(=O)[C@H]1CC(O)CN1C(=O)C(n1cc(COc2cccc(Cl)c2)nn1)C(C)(C)C. The van der Waals surface area contributed by atoms with E-state index in [1.165, 1.54) is 16.6 Å². The lowest BCUT2D eigenvalue weighted by Gasteiger charge is -2.34. The average molecular weight is 450 g/mol. The number of nitrogens with zero attached hydrogens (tertiary/aromatic N) is 4. The Balaban J connectivity index is 1.80. The number of carbonyl (C=O) groups is 2. The molecule has 2 heterocycles. The quantitative estimate of drug-likeness (QED) is 0.696. The van der Waals surface area contributed by atoms with E-state index in [2.05, 4.69) is 15.6 Å². The molecule has 1 aromatic carbocycles. The number of amides is 2. The zero-order chi connectivity index (χ0) is 22.8. The summed E-state index contributed by atoms with van der Waals surface area (Å²) >= 11 is 5.97. The monoisotopic (exact) mass is 449 g/mol. The molecule has 31 heavy (non-hydrogen) atoms. The van der Waals surface area contributed by atoms with Crippen LogP contribution in [-0.4, -0.2) is 62.6 Å². The summed E-state index contributed by atoms with van der Waals surface area (Å²) in [4.78, 5) is 27.2. The number of likely N-dealkylation sites (tertiary alicyclic amines) is 1. The number of nitrogens with one attached hydrogen (secondary N) is 1. The number of likely N-dealkylation sites (N-methyl/N-ethyl adjacent to an activating group) is 1. The molecule has 1 aliphatic rings. The van der Waals surface area contributed by atoms with Crippen molar-refractivity contribution in [1.82, 2.24) is 25.2 Å². The molecule has 1 aromatic heterocycles. The minimum atomic E-state index is -0.746. The van der Waals surface area contributed by atoms with E-state index in [4.69, 9.17) is 16.3 Å². The summed E-state index contributed by atoms with van der Waals surface area (Å²) in [5, 5.41) is 21.5. The maximum Gasteiger partial charge on any atom is 0.248 e. The van der Waals surface area contributed by atoms with Gasteiger partial charge in [0.05, 0.1) is 12.3 Å². The molecule has 168 valence electrons. The predicted molar refractivity (Wildman–Crippen MR) is 114 cm³/mol. The van der Waals surface area contributed by atoms with Crippen LogP contribution in [0, 0.1) is 5.41 Å². The topological polar surface area (TPSA) is 110 Å². The first-order chi connectivity index (χ1) is 14.6. The van der Waals surface area contributed by atoms with Gasteiger partial charge in [-0.25, -0.2) is 4.68 Å². The Morgan fingerprint density at radius 2 is 2.13 bits per heavy atom. The number of aromatic nitrogens is 3. The summed E-state index contributed by atoms with van der Waals surface area (Å²) in [5.74, 6) is 0.0154. The maximum absolute atomic E-state index is 13.5. The summed E-state index contributed by atoms with van der Waals surface area (Å²) in [5.41, 5.74) is 0.0303. The van der Waals surface area contributed by atoms with Crippen LogP contribution in [-0.2, 0) is 16.2 Å². The van der Waals surface area contributed by atoms with Gasteiger partial charge in [-0.1, -0.05) is 43.7 Å². The van der Waals surface area contributed by atoms with Crippen LogP contribution in [0.15, 0.2) is 30.5 Å². The van der Waals surface area contributed by atoms with Gasteiger partial charge in [-0.05, 0) is 23.6 Å². The van der Waals surface area contributed by atoms with E-state index < -0.39 is 23.6 Å². The van der Waals surface area contributed by atoms with Gasteiger partial charge in [-0.3, -0.25) is 9.59 Å². The van der Waals surface area contributed by atoms with E-state index >= 15 is 0 Å². The molecule has 3 atom stereocenters. The summed E-state index contributed by atoms with van der Waals surface area (Å²) in [6.07, 6.45) is 1.13. The van der Waals surface area contributed by atoms with Crippen molar-refractivity contribution in [3.8, 4) is 5.75 Å². The third kappa shape index (κ3) is 5.34. The van der Waals surface area contributed by atoms with Crippen molar-refractivity contribution in [2.45, 2.75) is 52.0 Å². The van der Waals surface area contributed by atoms with Crippen LogP contribution in [0.3, 0.4) is 0 Å². The van der Waals surface area contributed by atoms with Crippen LogP contribution < -0.4 is 10.1 Å². The molecule has 0 bridgehead atoms. The van der Waals surface area contributed by atoms with Crippen LogP contribution in [0.5, 0.6) is 5.75 Å². The largest absolute Gasteiger partial charge is 0.487 e. The highest BCUT2D eigenvalue weighted by Gasteiger charge is 2.44. The Morgan fingerprint density at radius 1 is 1.39 bits per heavy atom. The van der Waals surface area contributed by atoms with Crippen molar-refractivity contribution in [2.24, 2.45) is 5.41 Å². The molecule has 9 nitrogen and oxygen atoms in total. The molecule has 10 heteroatoms. The van der Waals surface area contributed by atoms with E-state index in [9.17, 15) is 14.7 Å². The van der Waals surface area contributed by atoms with E-state index in [-0.39, 0.29) is 31.4 Å². The molecule has 2 unspecified atom stereocenters. The van der Waals surface area contributed by atoms with Crippen molar-refractivity contribution < 1.29 is 19.4 Å². The normalized spacial score (nSPS) is 19.9. The Bertz CT molecular complexity index is 942. The van der Waals surface area contributed by atoms with E-state index in [0.29, 0.717) is 16.5 Å². The van der Waals surface area contributed by atoms with Gasteiger partial charge >= 0.3 is 0 Å². The van der Waals surface area contributed by atoms with Crippen molar-refractivity contribution in [3.05, 3.63) is 41.2 Å². The van der Waals surface area contributed by atoms with Gasteiger partial charge in [0.25, 0.3) is 0 Å². The number of β-amino-alcohol motifs (C(OH)–C–C–N with tert-alkyl or cyclic N) is 1. The summed E-state index contributed by atoms with van der Waals surface area (Å²) in [6, 6.07) is 5.60. The highest BCUT2D eigenvalue weighted by molar-refractivity contribution is 6.30.